The van der Waals surface area contributed by atoms with E-state index in [0.29, 0.717) is 4.77 Å². The highest BCUT2D eigenvalue weighted by Gasteiger charge is 2.06. The number of hydrogen-bond acceptors (Lipinski definition) is 3. The predicted molar refractivity (Wildman–Crippen MR) is 70.8 cm³/mol. The second-order valence-corrected chi connectivity index (χ2v) is 4.06. The van der Waals surface area contributed by atoms with Gasteiger partial charge in [-0.25, -0.2) is 4.98 Å². The number of aromatic amines is 1. The van der Waals surface area contributed by atoms with Gasteiger partial charge in [0.1, 0.15) is 5.75 Å². The van der Waals surface area contributed by atoms with Crippen LogP contribution in [-0.2, 0) is 6.42 Å². The van der Waals surface area contributed by atoms with Gasteiger partial charge in [-0.1, -0.05) is 13.0 Å². The van der Waals surface area contributed by atoms with Gasteiger partial charge in [0.15, 0.2) is 4.77 Å². The number of aryl methyl sites for hydroxylation is 1. The number of ether oxygens (including phenoxy) is 1. The van der Waals surface area contributed by atoms with E-state index in [1.165, 1.54) is 5.56 Å². The Kier molecular flexibility index (Phi) is 3.54. The van der Waals surface area contributed by atoms with E-state index >= 15 is 0 Å². The Balaban J connectivity index is 2.59. The van der Waals surface area contributed by atoms with Crippen LogP contribution >= 0.6 is 12.2 Å². The Morgan fingerprint density at radius 3 is 2.82 bits per heavy atom. The molecule has 1 aromatic heterocycles. The maximum atomic E-state index is 5.36. The zero-order valence-electron chi connectivity index (χ0n) is 9.86. The Labute approximate surface area is 105 Å². The second kappa shape index (κ2) is 5.10. The molecule has 0 saturated heterocycles. The van der Waals surface area contributed by atoms with Crippen molar-refractivity contribution in [1.29, 1.82) is 0 Å². The maximum absolute atomic E-state index is 5.36. The summed E-state index contributed by atoms with van der Waals surface area (Å²) >= 11 is 5.03. The minimum Gasteiger partial charge on any atom is -0.496 e. The van der Waals surface area contributed by atoms with E-state index in [2.05, 4.69) is 29.0 Å². The minimum absolute atomic E-state index is 0.478. The fourth-order valence-electron chi connectivity index (χ4n) is 1.71. The molecule has 3 nitrogen and oxygen atoms in total. The zero-order chi connectivity index (χ0) is 12.3. The van der Waals surface area contributed by atoms with Gasteiger partial charge in [0, 0.05) is 11.8 Å². The molecule has 0 radical (unpaired) electrons. The van der Waals surface area contributed by atoms with Crippen molar-refractivity contribution in [3.05, 3.63) is 40.8 Å². The highest BCUT2D eigenvalue weighted by molar-refractivity contribution is 7.71. The third kappa shape index (κ3) is 2.53. The molecule has 88 valence electrons. The standard InChI is InChI=1S/C13H14N2OS/c1-3-9-4-5-12(16-2)10(8-9)11-6-7-14-13(17)15-11/h4-8H,3H2,1-2H3,(H,14,15,17). The quantitative estimate of drug-likeness (QED) is 0.844. The van der Waals surface area contributed by atoms with Gasteiger partial charge in [-0.15, -0.1) is 0 Å². The van der Waals surface area contributed by atoms with Crippen molar-refractivity contribution in [3.8, 4) is 17.0 Å². The van der Waals surface area contributed by atoms with Crippen molar-refractivity contribution in [1.82, 2.24) is 9.97 Å². The Hall–Kier alpha value is -1.68. The van der Waals surface area contributed by atoms with Crippen molar-refractivity contribution >= 4 is 12.2 Å². The van der Waals surface area contributed by atoms with E-state index in [-0.39, 0.29) is 0 Å². The number of benzene rings is 1. The molecule has 1 aromatic carbocycles. The minimum atomic E-state index is 0.478. The van der Waals surface area contributed by atoms with Crippen molar-refractivity contribution in [2.24, 2.45) is 0 Å². The molecule has 0 saturated carbocycles. The molecule has 0 fully saturated rings. The Bertz CT molecular complexity index is 578. The molecule has 1 N–H and O–H groups in total. The van der Waals surface area contributed by atoms with Gasteiger partial charge in [-0.05, 0) is 42.4 Å². The molecule has 4 heteroatoms. The van der Waals surface area contributed by atoms with Gasteiger partial charge in [-0.3, -0.25) is 0 Å². The summed E-state index contributed by atoms with van der Waals surface area (Å²) < 4.78 is 5.84. The van der Waals surface area contributed by atoms with Crippen LogP contribution in [-0.4, -0.2) is 17.1 Å². The van der Waals surface area contributed by atoms with Gasteiger partial charge in [0.2, 0.25) is 0 Å². The van der Waals surface area contributed by atoms with Crippen LogP contribution in [0.3, 0.4) is 0 Å². The van der Waals surface area contributed by atoms with Crippen LogP contribution in [0.5, 0.6) is 5.75 Å². The first-order chi connectivity index (χ1) is 8.24. The molecule has 0 aliphatic carbocycles. The first-order valence-corrected chi connectivity index (χ1v) is 5.88. The number of H-pyrrole nitrogens is 1. The van der Waals surface area contributed by atoms with Crippen LogP contribution < -0.4 is 4.74 Å². The van der Waals surface area contributed by atoms with E-state index in [9.17, 15) is 0 Å². The molecule has 17 heavy (non-hydrogen) atoms. The first-order valence-electron chi connectivity index (χ1n) is 5.47. The van der Waals surface area contributed by atoms with Crippen molar-refractivity contribution < 1.29 is 4.74 Å². The molecule has 0 atom stereocenters. The molecule has 1 heterocycles. The molecule has 0 amide bonds. The van der Waals surface area contributed by atoms with Crippen molar-refractivity contribution in [2.75, 3.05) is 7.11 Å². The molecule has 0 bridgehead atoms. The SMILES string of the molecule is CCc1ccc(OC)c(-c2ccnc(=S)[nH]2)c1. The lowest BCUT2D eigenvalue weighted by Gasteiger charge is -2.10. The average molecular weight is 246 g/mol. The topological polar surface area (TPSA) is 37.9 Å². The molecule has 0 unspecified atom stereocenters. The summed E-state index contributed by atoms with van der Waals surface area (Å²) in [4.78, 5) is 7.06. The van der Waals surface area contributed by atoms with E-state index < -0.39 is 0 Å². The fourth-order valence-corrected chi connectivity index (χ4v) is 1.88. The number of nitrogens with one attached hydrogen (secondary N) is 1. The van der Waals surface area contributed by atoms with Crippen molar-refractivity contribution in [2.45, 2.75) is 13.3 Å². The highest BCUT2D eigenvalue weighted by Crippen LogP contribution is 2.29. The van der Waals surface area contributed by atoms with Gasteiger partial charge < -0.3 is 9.72 Å². The van der Waals surface area contributed by atoms with Gasteiger partial charge in [0.25, 0.3) is 0 Å². The summed E-state index contributed by atoms with van der Waals surface area (Å²) in [6.45, 7) is 2.13. The molecule has 2 rings (SSSR count). The molecule has 0 aliphatic rings. The normalized spacial score (nSPS) is 10.2. The highest BCUT2D eigenvalue weighted by atomic mass is 32.1. The Morgan fingerprint density at radius 1 is 1.35 bits per heavy atom. The van der Waals surface area contributed by atoms with Crippen LogP contribution in [0.2, 0.25) is 0 Å². The molecular weight excluding hydrogens is 232 g/mol. The number of nitrogens with zero attached hydrogens (tertiary/aromatic N) is 1. The smallest absolute Gasteiger partial charge is 0.197 e. The summed E-state index contributed by atoms with van der Waals surface area (Å²) in [7, 11) is 1.67. The monoisotopic (exact) mass is 246 g/mol. The third-order valence-electron chi connectivity index (χ3n) is 2.64. The lowest BCUT2D eigenvalue weighted by atomic mass is 10.1. The van der Waals surface area contributed by atoms with Crippen LogP contribution in [0.4, 0.5) is 0 Å². The predicted octanol–water partition coefficient (Wildman–Crippen LogP) is 3.38. The molecule has 0 spiro atoms. The molecular formula is C13H14N2OS. The van der Waals surface area contributed by atoms with Crippen LogP contribution in [0.15, 0.2) is 30.5 Å². The van der Waals surface area contributed by atoms with E-state index in [1.807, 2.05) is 12.1 Å². The lowest BCUT2D eigenvalue weighted by Crippen LogP contribution is -1.93. The average Bonchev–Trinajstić information content (AvgIpc) is 2.38. The van der Waals surface area contributed by atoms with Crippen LogP contribution in [0.1, 0.15) is 12.5 Å². The summed E-state index contributed by atoms with van der Waals surface area (Å²) in [5.41, 5.74) is 3.20. The summed E-state index contributed by atoms with van der Waals surface area (Å²) in [6, 6.07) is 8.05. The van der Waals surface area contributed by atoms with Gasteiger partial charge in [-0.2, -0.15) is 0 Å². The lowest BCUT2D eigenvalue weighted by molar-refractivity contribution is 0.416. The molecule has 0 aliphatic heterocycles. The zero-order valence-corrected chi connectivity index (χ0v) is 10.7. The summed E-state index contributed by atoms with van der Waals surface area (Å²) in [5, 5.41) is 0. The van der Waals surface area contributed by atoms with Crippen LogP contribution in [0, 0.1) is 4.77 Å². The number of rotatable bonds is 3. The second-order valence-electron chi connectivity index (χ2n) is 3.68. The Morgan fingerprint density at radius 2 is 2.18 bits per heavy atom. The van der Waals surface area contributed by atoms with Crippen molar-refractivity contribution in [3.63, 3.8) is 0 Å². The third-order valence-corrected chi connectivity index (χ3v) is 2.84. The van der Waals surface area contributed by atoms with E-state index in [0.717, 1.165) is 23.4 Å². The van der Waals surface area contributed by atoms with Gasteiger partial charge in [0.05, 0.1) is 12.8 Å². The van der Waals surface area contributed by atoms with E-state index in [1.54, 1.807) is 13.3 Å². The first kappa shape index (κ1) is 11.8. The summed E-state index contributed by atoms with van der Waals surface area (Å²) in [6.07, 6.45) is 2.69. The van der Waals surface area contributed by atoms with Gasteiger partial charge >= 0.3 is 0 Å². The maximum Gasteiger partial charge on any atom is 0.197 e. The number of aromatic nitrogens is 2. The largest absolute Gasteiger partial charge is 0.496 e. The number of hydrogen-bond donors (Lipinski definition) is 1. The van der Waals surface area contributed by atoms with Crippen LogP contribution in [0.25, 0.3) is 11.3 Å². The number of methoxy groups -OCH3 is 1. The van der Waals surface area contributed by atoms with E-state index in [4.69, 9.17) is 17.0 Å². The summed E-state index contributed by atoms with van der Waals surface area (Å²) in [5.74, 6) is 0.832. The molecule has 2 aromatic rings. The fraction of sp³-hybridized carbons (Fsp3) is 0.231.